The number of nitrogens with one attached hydrogen (secondary N) is 2. The Labute approximate surface area is 162 Å². The highest BCUT2D eigenvalue weighted by Crippen LogP contribution is 2.47. The maximum atomic E-state index is 12.3. The topological polar surface area (TPSA) is 76.7 Å². The van der Waals surface area contributed by atoms with E-state index in [2.05, 4.69) is 15.4 Å². The minimum absolute atomic E-state index is 0.0404. The molecule has 0 saturated heterocycles. The first-order valence-corrected chi connectivity index (χ1v) is 8.92. The summed E-state index contributed by atoms with van der Waals surface area (Å²) in [6.07, 6.45) is 2.02. The second-order valence-corrected chi connectivity index (χ2v) is 6.91. The summed E-state index contributed by atoms with van der Waals surface area (Å²) in [5, 5.41) is 5.93. The molecule has 0 aromatic heterocycles. The van der Waals surface area contributed by atoms with Crippen LogP contribution in [0.1, 0.15) is 28.8 Å². The zero-order valence-corrected chi connectivity index (χ0v) is 15.9. The molecule has 1 fully saturated rings. The van der Waals surface area contributed by atoms with Gasteiger partial charge in [0, 0.05) is 12.0 Å². The van der Waals surface area contributed by atoms with Crippen LogP contribution in [0, 0.1) is 0 Å². The first-order chi connectivity index (χ1) is 13.0. The van der Waals surface area contributed by atoms with E-state index >= 15 is 0 Å². The van der Waals surface area contributed by atoms with Crippen molar-refractivity contribution in [1.82, 2.24) is 5.32 Å². The summed E-state index contributed by atoms with van der Waals surface area (Å²) in [5.74, 6) is 0.312. The van der Waals surface area contributed by atoms with Crippen LogP contribution in [0.5, 0.6) is 5.75 Å². The molecule has 1 aliphatic rings. The molecule has 7 heteroatoms. The van der Waals surface area contributed by atoms with Crippen molar-refractivity contribution in [1.29, 1.82) is 0 Å². The molecule has 3 rings (SSSR count). The third-order valence-electron chi connectivity index (χ3n) is 4.78. The number of carbonyl (C=O) groups excluding carboxylic acids is 2. The van der Waals surface area contributed by atoms with E-state index in [1.807, 2.05) is 24.3 Å². The third kappa shape index (κ3) is 4.34. The van der Waals surface area contributed by atoms with Gasteiger partial charge in [0.1, 0.15) is 5.75 Å². The Balaban J connectivity index is 1.62. The minimum Gasteiger partial charge on any atom is -0.497 e. The van der Waals surface area contributed by atoms with Crippen molar-refractivity contribution in [3.8, 4) is 5.75 Å². The van der Waals surface area contributed by atoms with Crippen LogP contribution < -0.4 is 15.4 Å². The Bertz CT molecular complexity index is 848. The summed E-state index contributed by atoms with van der Waals surface area (Å²) in [7, 11) is 2.93. The predicted octanol–water partition coefficient (Wildman–Crippen LogP) is 3.99. The van der Waals surface area contributed by atoms with Crippen molar-refractivity contribution in [3.63, 3.8) is 0 Å². The lowest BCUT2D eigenvalue weighted by Gasteiger charge is -2.18. The average Bonchev–Trinajstić information content (AvgIpc) is 3.49. The lowest BCUT2D eigenvalue weighted by Crippen LogP contribution is -2.35. The second-order valence-electron chi connectivity index (χ2n) is 6.50. The van der Waals surface area contributed by atoms with Gasteiger partial charge in [0.05, 0.1) is 30.5 Å². The summed E-state index contributed by atoms with van der Waals surface area (Å²) in [6.45, 7) is 0.513. The van der Waals surface area contributed by atoms with Crippen molar-refractivity contribution < 1.29 is 19.1 Å². The quantitative estimate of drug-likeness (QED) is 0.733. The van der Waals surface area contributed by atoms with E-state index < -0.39 is 5.97 Å². The summed E-state index contributed by atoms with van der Waals surface area (Å²) in [4.78, 5) is 23.9. The maximum absolute atomic E-state index is 12.3. The average molecular weight is 389 g/mol. The molecule has 0 aliphatic heterocycles. The molecule has 2 N–H and O–H groups in total. The lowest BCUT2D eigenvalue weighted by molar-refractivity contribution is 0.0600. The molecule has 0 spiro atoms. The maximum Gasteiger partial charge on any atom is 0.337 e. The second kappa shape index (κ2) is 7.88. The zero-order chi connectivity index (χ0) is 19.4. The van der Waals surface area contributed by atoms with Gasteiger partial charge in [0.15, 0.2) is 0 Å². The van der Waals surface area contributed by atoms with Gasteiger partial charge in [-0.3, -0.25) is 0 Å². The zero-order valence-electron chi connectivity index (χ0n) is 15.2. The van der Waals surface area contributed by atoms with Crippen molar-refractivity contribution in [2.75, 3.05) is 26.1 Å². The van der Waals surface area contributed by atoms with Crippen LogP contribution in [0.25, 0.3) is 0 Å². The number of rotatable bonds is 6. The van der Waals surface area contributed by atoms with E-state index in [4.69, 9.17) is 16.3 Å². The molecule has 0 heterocycles. The normalized spacial score (nSPS) is 14.2. The summed E-state index contributed by atoms with van der Waals surface area (Å²) >= 11 is 6.11. The summed E-state index contributed by atoms with van der Waals surface area (Å²) < 4.78 is 9.87. The highest BCUT2D eigenvalue weighted by molar-refractivity contribution is 6.33. The number of carbonyl (C=O) groups is 2. The Hall–Kier alpha value is -2.73. The molecule has 1 saturated carbocycles. The van der Waals surface area contributed by atoms with E-state index in [-0.39, 0.29) is 11.4 Å². The molecule has 2 aromatic carbocycles. The van der Waals surface area contributed by atoms with Gasteiger partial charge in [-0.25, -0.2) is 9.59 Å². The van der Waals surface area contributed by atoms with E-state index in [9.17, 15) is 9.59 Å². The molecule has 0 radical (unpaired) electrons. The molecule has 6 nitrogen and oxygen atoms in total. The highest BCUT2D eigenvalue weighted by atomic mass is 35.5. The molecule has 27 heavy (non-hydrogen) atoms. The molecule has 2 aromatic rings. The summed E-state index contributed by atoms with van der Waals surface area (Å²) in [6, 6.07) is 12.1. The third-order valence-corrected chi connectivity index (χ3v) is 5.11. The predicted molar refractivity (Wildman–Crippen MR) is 104 cm³/mol. The van der Waals surface area contributed by atoms with Gasteiger partial charge in [-0.1, -0.05) is 23.7 Å². The van der Waals surface area contributed by atoms with E-state index in [1.165, 1.54) is 18.7 Å². The molecular weight excluding hydrogens is 368 g/mol. The lowest BCUT2D eigenvalue weighted by atomic mass is 9.96. The van der Waals surface area contributed by atoms with Crippen LogP contribution in [0.15, 0.2) is 42.5 Å². The largest absolute Gasteiger partial charge is 0.497 e. The van der Waals surface area contributed by atoms with Gasteiger partial charge in [0.25, 0.3) is 0 Å². The van der Waals surface area contributed by atoms with Crippen molar-refractivity contribution in [2.45, 2.75) is 18.3 Å². The summed E-state index contributed by atoms with van der Waals surface area (Å²) in [5.41, 5.74) is 1.80. The van der Waals surface area contributed by atoms with Crippen LogP contribution in [0.2, 0.25) is 5.02 Å². The van der Waals surface area contributed by atoms with Crippen molar-refractivity contribution in [2.24, 2.45) is 0 Å². The van der Waals surface area contributed by atoms with Crippen LogP contribution >= 0.6 is 11.6 Å². The first-order valence-electron chi connectivity index (χ1n) is 8.55. The molecular formula is C20H21ClN2O4. The van der Waals surface area contributed by atoms with Crippen molar-refractivity contribution >= 4 is 29.3 Å². The molecule has 142 valence electrons. The van der Waals surface area contributed by atoms with Crippen LogP contribution in [0.3, 0.4) is 0 Å². The number of halogens is 1. The van der Waals surface area contributed by atoms with Crippen LogP contribution in [-0.4, -0.2) is 32.8 Å². The minimum atomic E-state index is -0.494. The smallest absolute Gasteiger partial charge is 0.337 e. The molecule has 0 bridgehead atoms. The number of methoxy groups -OCH3 is 2. The van der Waals surface area contributed by atoms with Crippen molar-refractivity contribution in [3.05, 3.63) is 58.6 Å². The Morgan fingerprint density at radius 2 is 1.81 bits per heavy atom. The number of urea groups is 1. The van der Waals surface area contributed by atoms with Gasteiger partial charge in [-0.15, -0.1) is 0 Å². The number of hydrogen-bond acceptors (Lipinski definition) is 4. The van der Waals surface area contributed by atoms with E-state index in [0.29, 0.717) is 22.8 Å². The Morgan fingerprint density at radius 1 is 1.11 bits per heavy atom. The van der Waals surface area contributed by atoms with Crippen LogP contribution in [-0.2, 0) is 10.2 Å². The van der Waals surface area contributed by atoms with Crippen LogP contribution in [0.4, 0.5) is 10.5 Å². The number of benzene rings is 2. The fourth-order valence-corrected chi connectivity index (χ4v) is 3.11. The first kappa shape index (κ1) is 19.0. The fourth-order valence-electron chi connectivity index (χ4n) is 2.94. The fraction of sp³-hybridized carbons (Fsp3) is 0.300. The monoisotopic (exact) mass is 388 g/mol. The number of anilines is 1. The van der Waals surface area contributed by atoms with Gasteiger partial charge in [-0.2, -0.15) is 0 Å². The number of amides is 2. The molecule has 0 atom stereocenters. The Morgan fingerprint density at radius 3 is 2.41 bits per heavy atom. The number of esters is 1. The SMILES string of the molecule is COC(=O)c1ccc(Cl)c(NC(=O)NCC2(c3ccc(OC)cc3)CC2)c1. The van der Waals surface area contributed by atoms with Gasteiger partial charge < -0.3 is 20.1 Å². The Kier molecular flexibility index (Phi) is 5.56. The van der Waals surface area contributed by atoms with Gasteiger partial charge >= 0.3 is 12.0 Å². The van der Waals surface area contributed by atoms with Gasteiger partial charge in [0.2, 0.25) is 0 Å². The standard InChI is InChI=1S/C20H21ClN2O4/c1-26-15-6-4-14(5-7-15)20(9-10-20)12-22-19(25)23-17-11-13(18(24)27-2)3-8-16(17)21/h3-8,11H,9-10,12H2,1-2H3,(H2,22,23,25). The number of ether oxygens (including phenoxy) is 2. The van der Waals surface area contributed by atoms with E-state index in [1.54, 1.807) is 19.2 Å². The van der Waals surface area contributed by atoms with Gasteiger partial charge in [-0.05, 0) is 48.7 Å². The highest BCUT2D eigenvalue weighted by Gasteiger charge is 2.44. The molecule has 0 unspecified atom stereocenters. The molecule has 1 aliphatic carbocycles. The molecule has 2 amide bonds. The number of hydrogen-bond donors (Lipinski definition) is 2. The van der Waals surface area contributed by atoms with E-state index in [0.717, 1.165) is 18.6 Å².